The van der Waals surface area contributed by atoms with Gasteiger partial charge >= 0.3 is 0 Å². The van der Waals surface area contributed by atoms with E-state index in [1.54, 1.807) is 14.0 Å². The number of hydrogen-bond donors (Lipinski definition) is 1. The maximum Gasteiger partial charge on any atom is 0.141 e. The summed E-state index contributed by atoms with van der Waals surface area (Å²) < 4.78 is 11.7. The van der Waals surface area contributed by atoms with Gasteiger partial charge in [-0.25, -0.2) is 0 Å². The van der Waals surface area contributed by atoms with Crippen LogP contribution in [-0.2, 0) is 0 Å². The second-order valence-corrected chi connectivity index (χ2v) is 5.00. The van der Waals surface area contributed by atoms with E-state index in [-0.39, 0.29) is 0 Å². The molecular formula is C15H15BrO3. The van der Waals surface area contributed by atoms with Crippen molar-refractivity contribution in [1.29, 1.82) is 0 Å². The molecule has 0 radical (unpaired) electrons. The third kappa shape index (κ3) is 3.49. The van der Waals surface area contributed by atoms with Crippen LogP contribution < -0.4 is 9.47 Å². The number of halogens is 1. The molecule has 0 aliphatic heterocycles. The standard InChI is InChI=1S/C15H15BrO3/c1-10(17)11-3-8-15(14(16)9-11)19-13-6-4-12(18-2)5-7-13/h3-10,17H,1-2H3. The van der Waals surface area contributed by atoms with Crippen LogP contribution in [0, 0.1) is 0 Å². The van der Waals surface area contributed by atoms with E-state index >= 15 is 0 Å². The SMILES string of the molecule is COc1ccc(Oc2ccc(C(C)O)cc2Br)cc1. The fraction of sp³-hybridized carbons (Fsp3) is 0.200. The van der Waals surface area contributed by atoms with E-state index in [0.717, 1.165) is 21.5 Å². The van der Waals surface area contributed by atoms with Gasteiger partial charge in [-0.2, -0.15) is 0 Å². The third-order valence-corrected chi connectivity index (χ3v) is 3.35. The zero-order chi connectivity index (χ0) is 13.8. The van der Waals surface area contributed by atoms with Crippen molar-refractivity contribution in [3.05, 3.63) is 52.5 Å². The minimum Gasteiger partial charge on any atom is -0.497 e. The maximum atomic E-state index is 9.51. The molecule has 1 N–H and O–H groups in total. The van der Waals surface area contributed by atoms with Crippen LogP contribution in [-0.4, -0.2) is 12.2 Å². The number of rotatable bonds is 4. The molecule has 1 unspecified atom stereocenters. The van der Waals surface area contributed by atoms with Gasteiger partial charge in [-0.3, -0.25) is 0 Å². The number of hydrogen-bond acceptors (Lipinski definition) is 3. The predicted molar refractivity (Wildman–Crippen MR) is 77.8 cm³/mol. The Bertz CT molecular complexity index is 550. The van der Waals surface area contributed by atoms with Crippen LogP contribution >= 0.6 is 15.9 Å². The fourth-order valence-corrected chi connectivity index (χ4v) is 2.11. The summed E-state index contributed by atoms with van der Waals surface area (Å²) in [5.41, 5.74) is 0.842. The van der Waals surface area contributed by atoms with Gasteiger partial charge in [0, 0.05) is 0 Å². The highest BCUT2D eigenvalue weighted by Gasteiger charge is 2.07. The first-order chi connectivity index (χ1) is 9.10. The lowest BCUT2D eigenvalue weighted by Gasteiger charge is -2.11. The summed E-state index contributed by atoms with van der Waals surface area (Å²) in [6.07, 6.45) is -0.494. The molecule has 0 saturated carbocycles. The van der Waals surface area contributed by atoms with E-state index < -0.39 is 6.10 Å². The summed E-state index contributed by atoms with van der Waals surface area (Å²) in [4.78, 5) is 0. The molecule has 0 aliphatic rings. The molecule has 0 bridgehead atoms. The second kappa shape index (κ2) is 6.08. The molecule has 0 spiro atoms. The van der Waals surface area contributed by atoms with E-state index in [0.29, 0.717) is 5.75 Å². The highest BCUT2D eigenvalue weighted by Crippen LogP contribution is 2.32. The number of benzene rings is 2. The average Bonchev–Trinajstić information content (AvgIpc) is 2.41. The molecule has 0 fully saturated rings. The Balaban J connectivity index is 2.18. The summed E-state index contributed by atoms with van der Waals surface area (Å²) in [7, 11) is 1.63. The average molecular weight is 323 g/mol. The smallest absolute Gasteiger partial charge is 0.141 e. The fourth-order valence-electron chi connectivity index (χ4n) is 1.63. The Hall–Kier alpha value is -1.52. The van der Waals surface area contributed by atoms with Crippen LogP contribution in [0.3, 0.4) is 0 Å². The van der Waals surface area contributed by atoms with Crippen molar-refractivity contribution in [2.24, 2.45) is 0 Å². The van der Waals surface area contributed by atoms with Crippen molar-refractivity contribution >= 4 is 15.9 Å². The predicted octanol–water partition coefficient (Wildman–Crippen LogP) is 4.30. The maximum absolute atomic E-state index is 9.51. The molecule has 2 rings (SSSR count). The minimum absolute atomic E-state index is 0.494. The van der Waals surface area contributed by atoms with Crippen LogP contribution in [0.25, 0.3) is 0 Å². The lowest BCUT2D eigenvalue weighted by Crippen LogP contribution is -1.92. The summed E-state index contributed by atoms with van der Waals surface area (Å²) in [6.45, 7) is 1.73. The van der Waals surface area contributed by atoms with Crippen molar-refractivity contribution in [1.82, 2.24) is 0 Å². The molecule has 19 heavy (non-hydrogen) atoms. The first-order valence-electron chi connectivity index (χ1n) is 5.89. The number of aliphatic hydroxyl groups excluding tert-OH is 1. The summed E-state index contributed by atoms with van der Waals surface area (Å²) in [5, 5.41) is 9.51. The molecule has 0 amide bonds. The van der Waals surface area contributed by atoms with Crippen LogP contribution in [0.4, 0.5) is 0 Å². The summed E-state index contributed by atoms with van der Waals surface area (Å²) >= 11 is 3.44. The molecule has 2 aromatic carbocycles. The summed E-state index contributed by atoms with van der Waals surface area (Å²) in [5.74, 6) is 2.22. The monoisotopic (exact) mass is 322 g/mol. The topological polar surface area (TPSA) is 38.7 Å². The number of aliphatic hydroxyl groups is 1. The van der Waals surface area contributed by atoms with Crippen LogP contribution in [0.5, 0.6) is 17.2 Å². The normalized spacial score (nSPS) is 12.0. The van der Waals surface area contributed by atoms with E-state index in [4.69, 9.17) is 9.47 Å². The molecule has 0 aliphatic carbocycles. The number of methoxy groups -OCH3 is 1. The first kappa shape index (κ1) is 13.9. The van der Waals surface area contributed by atoms with Gasteiger partial charge in [-0.15, -0.1) is 0 Å². The van der Waals surface area contributed by atoms with Gasteiger partial charge in [0.15, 0.2) is 0 Å². The highest BCUT2D eigenvalue weighted by atomic mass is 79.9. The van der Waals surface area contributed by atoms with E-state index in [9.17, 15) is 5.11 Å². The second-order valence-electron chi connectivity index (χ2n) is 4.14. The van der Waals surface area contributed by atoms with Crippen molar-refractivity contribution in [2.75, 3.05) is 7.11 Å². The number of ether oxygens (including phenoxy) is 2. The van der Waals surface area contributed by atoms with Crippen LogP contribution in [0.2, 0.25) is 0 Å². The molecule has 0 saturated heterocycles. The van der Waals surface area contributed by atoms with E-state index in [2.05, 4.69) is 15.9 Å². The summed E-state index contributed by atoms with van der Waals surface area (Å²) in [6, 6.07) is 12.9. The van der Waals surface area contributed by atoms with Gasteiger partial charge in [0.05, 0.1) is 17.7 Å². The Morgan fingerprint density at radius 1 is 1.05 bits per heavy atom. The lowest BCUT2D eigenvalue weighted by atomic mass is 10.1. The van der Waals surface area contributed by atoms with E-state index in [1.807, 2.05) is 42.5 Å². The zero-order valence-electron chi connectivity index (χ0n) is 10.8. The molecule has 3 nitrogen and oxygen atoms in total. The van der Waals surface area contributed by atoms with E-state index in [1.165, 1.54) is 0 Å². The van der Waals surface area contributed by atoms with Gasteiger partial charge in [0.1, 0.15) is 17.2 Å². The minimum atomic E-state index is -0.494. The molecule has 1 atom stereocenters. The molecule has 2 aromatic rings. The molecule has 0 aromatic heterocycles. The Kier molecular flexibility index (Phi) is 4.45. The van der Waals surface area contributed by atoms with Crippen LogP contribution in [0.1, 0.15) is 18.6 Å². The van der Waals surface area contributed by atoms with Gasteiger partial charge in [0.25, 0.3) is 0 Å². The largest absolute Gasteiger partial charge is 0.497 e. The lowest BCUT2D eigenvalue weighted by molar-refractivity contribution is 0.199. The van der Waals surface area contributed by atoms with Gasteiger partial charge < -0.3 is 14.6 Å². The zero-order valence-corrected chi connectivity index (χ0v) is 12.3. The van der Waals surface area contributed by atoms with Crippen molar-refractivity contribution in [3.8, 4) is 17.2 Å². The van der Waals surface area contributed by atoms with Gasteiger partial charge in [-0.1, -0.05) is 6.07 Å². The molecule has 100 valence electrons. The van der Waals surface area contributed by atoms with Crippen molar-refractivity contribution < 1.29 is 14.6 Å². The quantitative estimate of drug-likeness (QED) is 0.911. The van der Waals surface area contributed by atoms with Crippen LogP contribution in [0.15, 0.2) is 46.9 Å². The molecule has 4 heteroatoms. The molecule has 0 heterocycles. The Morgan fingerprint density at radius 3 is 2.21 bits per heavy atom. The highest BCUT2D eigenvalue weighted by molar-refractivity contribution is 9.10. The van der Waals surface area contributed by atoms with Gasteiger partial charge in [-0.05, 0) is 64.8 Å². The molecular weight excluding hydrogens is 308 g/mol. The third-order valence-electron chi connectivity index (χ3n) is 2.73. The Labute approximate surface area is 120 Å². The van der Waals surface area contributed by atoms with Gasteiger partial charge in [0.2, 0.25) is 0 Å². The first-order valence-corrected chi connectivity index (χ1v) is 6.69. The Morgan fingerprint density at radius 2 is 1.68 bits per heavy atom. The van der Waals surface area contributed by atoms with Crippen molar-refractivity contribution in [2.45, 2.75) is 13.0 Å². The van der Waals surface area contributed by atoms with Crippen molar-refractivity contribution in [3.63, 3.8) is 0 Å².